The van der Waals surface area contributed by atoms with Gasteiger partial charge in [-0.15, -0.1) is 0 Å². The van der Waals surface area contributed by atoms with Crippen molar-refractivity contribution in [3.8, 4) is 0 Å². The molecule has 0 aromatic rings. The predicted octanol–water partition coefficient (Wildman–Crippen LogP) is 0.361. The summed E-state index contributed by atoms with van der Waals surface area (Å²) >= 11 is 0. The van der Waals surface area contributed by atoms with Crippen LogP contribution in [0.1, 0.15) is 13.3 Å². The van der Waals surface area contributed by atoms with Gasteiger partial charge in [-0.2, -0.15) is 0 Å². The van der Waals surface area contributed by atoms with Gasteiger partial charge in [-0.3, -0.25) is 0 Å². The third kappa shape index (κ3) is 7.28. The van der Waals surface area contributed by atoms with Gasteiger partial charge in [0.1, 0.15) is 0 Å². The fourth-order valence-corrected chi connectivity index (χ4v) is 0.167. The first-order chi connectivity index (χ1) is 2.81. The molecule has 0 amide bonds. The number of rotatable bonds is 2. The summed E-state index contributed by atoms with van der Waals surface area (Å²) in [6, 6.07) is 0. The largest absolute Gasteiger partial charge is 0.368 e. The molecule has 1 unspecified atom stereocenters. The molecule has 0 heterocycles. The molecule has 0 rings (SSSR count). The van der Waals surface area contributed by atoms with Crippen LogP contribution < -0.4 is 0 Å². The summed E-state index contributed by atoms with van der Waals surface area (Å²) in [6.07, 6.45) is 0.0984. The van der Waals surface area contributed by atoms with Crippen LogP contribution in [0.25, 0.3) is 0 Å². The van der Waals surface area contributed by atoms with Crippen LogP contribution in [0.5, 0.6) is 0 Å². The van der Waals surface area contributed by atoms with Gasteiger partial charge in [0.05, 0.1) is 0 Å². The minimum atomic E-state index is -0.565. The molecule has 41 valence electrons. The zero-order chi connectivity index (χ0) is 4.99. The Morgan fingerprint density at radius 2 is 2.14 bits per heavy atom. The van der Waals surface area contributed by atoms with E-state index in [1.165, 1.54) is 7.11 Å². The molecule has 0 spiro atoms. The second kappa shape index (κ2) is 7.28. The molecular weight excluding hydrogens is 221 g/mol. The van der Waals surface area contributed by atoms with Gasteiger partial charge in [0.15, 0.2) is 6.29 Å². The van der Waals surface area contributed by atoms with E-state index in [0.29, 0.717) is 6.42 Å². The van der Waals surface area contributed by atoms with Crippen molar-refractivity contribution in [2.24, 2.45) is 0 Å². The smallest absolute Gasteiger partial charge is 0.153 e. The standard InChI is InChI=1S/C4H10O2.Pr/c1-3-4(5)6-2;/h4-5H,3H2,1-2H3;. The van der Waals surface area contributed by atoms with Gasteiger partial charge in [0.2, 0.25) is 0 Å². The summed E-state index contributed by atoms with van der Waals surface area (Å²) < 4.78 is 4.45. The molecule has 1 N–H and O–H groups in total. The molecule has 0 fully saturated rings. The first kappa shape index (κ1) is 11.1. The first-order valence-electron chi connectivity index (χ1n) is 2.02. The Hall–Kier alpha value is 1.28. The summed E-state index contributed by atoms with van der Waals surface area (Å²) in [4.78, 5) is 0. The summed E-state index contributed by atoms with van der Waals surface area (Å²) in [5, 5.41) is 8.44. The van der Waals surface area contributed by atoms with E-state index in [1.807, 2.05) is 6.92 Å². The predicted molar refractivity (Wildman–Crippen MR) is 23.3 cm³/mol. The molecule has 0 saturated heterocycles. The number of ether oxygens (including phenoxy) is 1. The first-order valence-corrected chi connectivity index (χ1v) is 2.02. The molecule has 1 atom stereocenters. The number of methoxy groups -OCH3 is 1. The van der Waals surface area contributed by atoms with E-state index in [2.05, 4.69) is 4.74 Å². The van der Waals surface area contributed by atoms with Gasteiger partial charge in [-0.1, -0.05) is 6.92 Å². The van der Waals surface area contributed by atoms with E-state index < -0.39 is 6.29 Å². The quantitative estimate of drug-likeness (QED) is 0.695. The van der Waals surface area contributed by atoms with Gasteiger partial charge < -0.3 is 9.84 Å². The Morgan fingerprint density at radius 1 is 1.71 bits per heavy atom. The number of hydrogen-bond acceptors (Lipinski definition) is 2. The molecule has 0 aliphatic heterocycles. The molecule has 2 nitrogen and oxygen atoms in total. The van der Waals surface area contributed by atoms with Crippen molar-refractivity contribution < 1.29 is 51.1 Å². The average Bonchev–Trinajstić information content (AvgIpc) is 1.65. The summed E-state index contributed by atoms with van der Waals surface area (Å²) in [7, 11) is 1.48. The van der Waals surface area contributed by atoms with Gasteiger partial charge in [-0.05, 0) is 6.42 Å². The summed E-state index contributed by atoms with van der Waals surface area (Å²) in [6.45, 7) is 1.86. The van der Waals surface area contributed by atoms with E-state index in [-0.39, 0.29) is 41.3 Å². The van der Waals surface area contributed by atoms with Crippen LogP contribution in [0.2, 0.25) is 0 Å². The minimum absolute atomic E-state index is 0. The molecule has 0 aromatic carbocycles. The summed E-state index contributed by atoms with van der Waals surface area (Å²) in [5.74, 6) is 0. The molecule has 0 saturated carbocycles. The Balaban J connectivity index is 0. The Labute approximate surface area is 77.2 Å². The summed E-state index contributed by atoms with van der Waals surface area (Å²) in [5.41, 5.74) is 0. The maximum Gasteiger partial charge on any atom is 0.153 e. The molecular formula is C4H10O2Pr. The molecule has 3 heteroatoms. The Kier molecular flexibility index (Phi) is 11.6. The van der Waals surface area contributed by atoms with Crippen molar-refractivity contribution in [2.75, 3.05) is 7.11 Å². The number of hydrogen-bond donors (Lipinski definition) is 1. The maximum atomic E-state index is 8.44. The van der Waals surface area contributed by atoms with Crippen LogP contribution in [0.4, 0.5) is 0 Å². The van der Waals surface area contributed by atoms with Crippen molar-refractivity contribution >= 4 is 0 Å². The van der Waals surface area contributed by atoms with Crippen LogP contribution in [0.3, 0.4) is 0 Å². The van der Waals surface area contributed by atoms with Crippen molar-refractivity contribution in [3.63, 3.8) is 0 Å². The molecule has 0 aliphatic rings. The second-order valence-corrected chi connectivity index (χ2v) is 1.10. The van der Waals surface area contributed by atoms with Crippen LogP contribution in [0.15, 0.2) is 0 Å². The van der Waals surface area contributed by atoms with E-state index in [0.717, 1.165) is 0 Å². The van der Waals surface area contributed by atoms with Crippen LogP contribution in [-0.4, -0.2) is 18.5 Å². The average molecular weight is 231 g/mol. The molecule has 0 aromatic heterocycles. The fourth-order valence-electron chi connectivity index (χ4n) is 0.167. The van der Waals surface area contributed by atoms with Crippen molar-refractivity contribution in [3.05, 3.63) is 0 Å². The van der Waals surface area contributed by atoms with Crippen molar-refractivity contribution in [2.45, 2.75) is 19.6 Å². The Morgan fingerprint density at radius 3 is 2.14 bits per heavy atom. The van der Waals surface area contributed by atoms with Gasteiger partial charge in [0, 0.05) is 48.4 Å². The maximum absolute atomic E-state index is 8.44. The normalized spacial score (nSPS) is 12.4. The molecule has 0 bridgehead atoms. The monoisotopic (exact) mass is 231 g/mol. The van der Waals surface area contributed by atoms with Gasteiger partial charge in [-0.25, -0.2) is 0 Å². The number of aliphatic hydroxyl groups is 1. The van der Waals surface area contributed by atoms with Crippen molar-refractivity contribution in [1.29, 1.82) is 0 Å². The third-order valence-electron chi connectivity index (χ3n) is 0.621. The zero-order valence-corrected chi connectivity index (χ0v) is 8.42. The van der Waals surface area contributed by atoms with Crippen LogP contribution in [0, 0.1) is 41.3 Å². The third-order valence-corrected chi connectivity index (χ3v) is 0.621. The SMILES string of the molecule is CCC(O)OC.[Pr]. The zero-order valence-electron chi connectivity index (χ0n) is 4.72. The van der Waals surface area contributed by atoms with E-state index in [4.69, 9.17) is 5.11 Å². The van der Waals surface area contributed by atoms with Crippen LogP contribution in [-0.2, 0) is 4.74 Å². The van der Waals surface area contributed by atoms with Gasteiger partial charge in [0.25, 0.3) is 0 Å². The number of aliphatic hydroxyl groups excluding tert-OH is 1. The van der Waals surface area contributed by atoms with E-state index in [9.17, 15) is 0 Å². The topological polar surface area (TPSA) is 29.5 Å². The molecule has 1 radical (unpaired) electrons. The molecule has 0 aliphatic carbocycles. The minimum Gasteiger partial charge on any atom is -0.368 e. The van der Waals surface area contributed by atoms with Crippen LogP contribution >= 0.6 is 0 Å². The van der Waals surface area contributed by atoms with E-state index in [1.54, 1.807) is 0 Å². The second-order valence-electron chi connectivity index (χ2n) is 1.10. The fraction of sp³-hybridized carbons (Fsp3) is 1.00. The Bertz CT molecular complexity index is 28.9. The van der Waals surface area contributed by atoms with Gasteiger partial charge >= 0.3 is 0 Å². The van der Waals surface area contributed by atoms with E-state index >= 15 is 0 Å². The van der Waals surface area contributed by atoms with Crippen molar-refractivity contribution in [1.82, 2.24) is 0 Å². The molecule has 7 heavy (non-hydrogen) atoms.